The van der Waals surface area contributed by atoms with Crippen LogP contribution in [0.3, 0.4) is 0 Å². The van der Waals surface area contributed by atoms with Gasteiger partial charge in [0.25, 0.3) is 0 Å². The van der Waals surface area contributed by atoms with Crippen LogP contribution in [0.25, 0.3) is 27.5 Å². The second kappa shape index (κ2) is 19.2. The maximum atomic E-state index is 9.81. The summed E-state index contributed by atoms with van der Waals surface area (Å²) in [5, 5.41) is 2.06. The molecule has 8 rings (SSSR count). The summed E-state index contributed by atoms with van der Waals surface area (Å²) >= 11 is 0. The molecular weight excluding hydrogens is 731 g/mol. The van der Waals surface area contributed by atoms with Crippen LogP contribution in [-0.4, -0.2) is 39.7 Å². The Kier molecular flexibility index (Phi) is 13.4. The monoisotopic (exact) mass is 787 g/mol. The molecule has 0 bridgehead atoms. The topological polar surface area (TPSA) is 57.2 Å². The summed E-state index contributed by atoms with van der Waals surface area (Å²) in [5.74, 6) is 3.29. The fraction of sp³-hybridized carbons (Fsp3) is 0.302. The Morgan fingerprint density at radius 1 is 0.695 bits per heavy atom. The van der Waals surface area contributed by atoms with Gasteiger partial charge in [-0.05, 0) is 96.1 Å². The molecule has 0 spiro atoms. The van der Waals surface area contributed by atoms with Gasteiger partial charge in [-0.1, -0.05) is 124 Å². The van der Waals surface area contributed by atoms with Crippen LogP contribution in [0.5, 0.6) is 23.0 Å². The van der Waals surface area contributed by atoms with E-state index in [-0.39, 0.29) is 5.78 Å². The molecule has 6 nitrogen and oxygen atoms in total. The molecule has 0 N–H and O–H groups in total. The first-order chi connectivity index (χ1) is 28.9. The zero-order valence-electron chi connectivity index (χ0n) is 35.3. The number of fused-ring (bicyclic) bond motifs is 3. The molecule has 0 aromatic heterocycles. The molecule has 6 aromatic carbocycles. The molecule has 304 valence electrons. The van der Waals surface area contributed by atoms with Crippen molar-refractivity contribution in [2.24, 2.45) is 0 Å². The molecule has 2 aliphatic rings. The average Bonchev–Trinajstić information content (AvgIpc) is 3.84. The van der Waals surface area contributed by atoms with Gasteiger partial charge in [-0.15, -0.1) is 0 Å². The summed E-state index contributed by atoms with van der Waals surface area (Å²) in [6, 6.07) is 45.2. The number of Topliss-reactive ketones (excluding diaryl/α,β-unsaturated/α-hetero) is 1. The van der Waals surface area contributed by atoms with Crippen molar-refractivity contribution in [2.45, 2.75) is 71.3 Å². The molecule has 6 aromatic rings. The summed E-state index contributed by atoms with van der Waals surface area (Å²) in [4.78, 5) is 12.3. The van der Waals surface area contributed by atoms with E-state index in [1.165, 1.54) is 31.4 Å². The minimum Gasteiger partial charge on any atom is -0.493 e. The number of ether oxygens (including phenoxy) is 4. The molecule has 1 unspecified atom stereocenters. The normalized spacial score (nSPS) is 15.7. The number of anilines is 1. The SMILES string of the molecule is CCC(C)=O.CCCCCCOc1cc(C2=CC(c3ccccc3)(c3ccc(N4CCCC4)cc3)Oc3ccc4cc(OC)c(OC)cc4c32)ccc1-c1ccccc1. The van der Waals surface area contributed by atoms with E-state index in [0.29, 0.717) is 24.5 Å². The van der Waals surface area contributed by atoms with Crippen molar-refractivity contribution >= 4 is 27.8 Å². The van der Waals surface area contributed by atoms with E-state index in [2.05, 4.69) is 139 Å². The van der Waals surface area contributed by atoms with Crippen LogP contribution >= 0.6 is 0 Å². The van der Waals surface area contributed by atoms with Gasteiger partial charge < -0.3 is 28.6 Å². The number of carbonyl (C=O) groups excluding carboxylic acids is 1. The third-order valence-electron chi connectivity index (χ3n) is 11.5. The van der Waals surface area contributed by atoms with Gasteiger partial charge in [0.2, 0.25) is 0 Å². The number of benzene rings is 6. The fourth-order valence-electron chi connectivity index (χ4n) is 8.11. The van der Waals surface area contributed by atoms with Gasteiger partial charge in [0.15, 0.2) is 17.1 Å². The van der Waals surface area contributed by atoms with Gasteiger partial charge in [-0.2, -0.15) is 0 Å². The van der Waals surface area contributed by atoms with Crippen molar-refractivity contribution in [1.82, 2.24) is 0 Å². The molecule has 0 saturated carbocycles. The standard InChI is InChI=1S/C49H49NO4.C4H8O/c1-4-5-6-15-30-53-45-31-37(20-26-41(45)35-16-9-7-10-17-35)43-34-49(38-18-11-8-12-19-38,39-22-24-40(25-23-39)50-28-13-14-29-50)54-44-27-21-36-32-46(51-2)47(52-3)33-42(36)48(43)44;1-3-4(2)5/h7-12,16-27,31-34H,4-6,13-15,28-30H2,1-3H3;3H2,1-2H3. The van der Waals surface area contributed by atoms with Crippen LogP contribution in [0.1, 0.15) is 88.0 Å². The number of nitrogens with zero attached hydrogens (tertiary/aromatic N) is 1. The number of carbonyl (C=O) groups is 1. The van der Waals surface area contributed by atoms with Crippen molar-refractivity contribution < 1.29 is 23.7 Å². The van der Waals surface area contributed by atoms with E-state index in [0.717, 1.165) is 87.2 Å². The predicted octanol–water partition coefficient (Wildman–Crippen LogP) is 12.8. The molecule has 2 aliphatic heterocycles. The summed E-state index contributed by atoms with van der Waals surface area (Å²) in [6.45, 7) is 8.53. The van der Waals surface area contributed by atoms with Gasteiger partial charge in [0.1, 0.15) is 17.3 Å². The van der Waals surface area contributed by atoms with E-state index in [4.69, 9.17) is 18.9 Å². The third kappa shape index (κ3) is 9.02. The van der Waals surface area contributed by atoms with Gasteiger partial charge in [0, 0.05) is 47.5 Å². The Morgan fingerprint density at radius 3 is 2.02 bits per heavy atom. The Morgan fingerprint density at radius 2 is 1.36 bits per heavy atom. The smallest absolute Gasteiger partial charge is 0.178 e. The Hall–Kier alpha value is -6.01. The van der Waals surface area contributed by atoms with Crippen molar-refractivity contribution in [3.05, 3.63) is 156 Å². The number of methoxy groups -OCH3 is 2. The van der Waals surface area contributed by atoms with Crippen LogP contribution in [0, 0.1) is 0 Å². The molecule has 6 heteroatoms. The highest BCUT2D eigenvalue weighted by Gasteiger charge is 2.40. The van der Waals surface area contributed by atoms with Crippen LogP contribution in [-0.2, 0) is 10.4 Å². The quantitative estimate of drug-likeness (QED) is 0.102. The minimum atomic E-state index is -0.906. The number of rotatable bonds is 14. The van der Waals surface area contributed by atoms with Crippen molar-refractivity contribution in [1.29, 1.82) is 0 Å². The van der Waals surface area contributed by atoms with Crippen LogP contribution in [0.15, 0.2) is 133 Å². The second-order valence-electron chi connectivity index (χ2n) is 15.4. The lowest BCUT2D eigenvalue weighted by molar-refractivity contribution is -0.116. The highest BCUT2D eigenvalue weighted by molar-refractivity contribution is 6.03. The average molecular weight is 788 g/mol. The van der Waals surface area contributed by atoms with E-state index < -0.39 is 5.60 Å². The highest BCUT2D eigenvalue weighted by atomic mass is 16.5. The first-order valence-electron chi connectivity index (χ1n) is 21.2. The summed E-state index contributed by atoms with van der Waals surface area (Å²) in [6.07, 6.45) is 10.0. The third-order valence-corrected chi connectivity index (χ3v) is 11.5. The lowest BCUT2D eigenvalue weighted by atomic mass is 9.78. The number of hydrogen-bond acceptors (Lipinski definition) is 6. The number of hydrogen-bond donors (Lipinski definition) is 0. The number of unbranched alkanes of at least 4 members (excludes halogenated alkanes) is 3. The van der Waals surface area contributed by atoms with Gasteiger partial charge in [0.05, 0.1) is 20.8 Å². The van der Waals surface area contributed by atoms with E-state index >= 15 is 0 Å². The lowest BCUT2D eigenvalue weighted by Crippen LogP contribution is -2.35. The molecule has 1 atom stereocenters. The van der Waals surface area contributed by atoms with Crippen LogP contribution in [0.4, 0.5) is 5.69 Å². The summed E-state index contributed by atoms with van der Waals surface area (Å²) in [5.41, 5.74) is 7.82. The second-order valence-corrected chi connectivity index (χ2v) is 15.4. The van der Waals surface area contributed by atoms with Crippen LogP contribution in [0.2, 0.25) is 0 Å². The molecule has 1 saturated heterocycles. The highest BCUT2D eigenvalue weighted by Crippen LogP contribution is 2.51. The van der Waals surface area contributed by atoms with Crippen LogP contribution < -0.4 is 23.8 Å². The predicted molar refractivity (Wildman–Crippen MR) is 242 cm³/mol. The first-order valence-corrected chi connectivity index (χ1v) is 21.2. The van der Waals surface area contributed by atoms with Gasteiger partial charge in [-0.3, -0.25) is 0 Å². The van der Waals surface area contributed by atoms with Crippen molar-refractivity contribution in [3.63, 3.8) is 0 Å². The summed E-state index contributed by atoms with van der Waals surface area (Å²) in [7, 11) is 3.36. The number of ketones is 1. The van der Waals surface area contributed by atoms with E-state index in [1.54, 1.807) is 21.1 Å². The lowest BCUT2D eigenvalue weighted by Gasteiger charge is -2.39. The van der Waals surface area contributed by atoms with Crippen molar-refractivity contribution in [2.75, 3.05) is 38.8 Å². The molecule has 59 heavy (non-hydrogen) atoms. The maximum absolute atomic E-state index is 9.81. The fourth-order valence-corrected chi connectivity index (χ4v) is 8.11. The minimum absolute atomic E-state index is 0.255. The first kappa shape index (κ1) is 41.2. The van der Waals surface area contributed by atoms with E-state index in [9.17, 15) is 4.79 Å². The molecule has 2 heterocycles. The largest absolute Gasteiger partial charge is 0.493 e. The molecule has 1 fully saturated rings. The van der Waals surface area contributed by atoms with Gasteiger partial charge in [-0.25, -0.2) is 0 Å². The van der Waals surface area contributed by atoms with E-state index in [1.807, 2.05) is 13.0 Å². The van der Waals surface area contributed by atoms with Crippen molar-refractivity contribution in [3.8, 4) is 34.1 Å². The van der Waals surface area contributed by atoms with Gasteiger partial charge >= 0.3 is 0 Å². The molecular formula is C53H57NO5. The molecule has 0 radical (unpaired) electrons. The zero-order chi connectivity index (χ0) is 41.2. The Balaban J connectivity index is 0.000000997. The zero-order valence-corrected chi connectivity index (χ0v) is 35.3. The maximum Gasteiger partial charge on any atom is 0.178 e. The Labute approximate surface area is 350 Å². The summed E-state index contributed by atoms with van der Waals surface area (Å²) < 4.78 is 25.7. The Bertz CT molecular complexity index is 2360. The molecule has 0 amide bonds. The molecule has 0 aliphatic carbocycles.